The minimum Gasteiger partial charge on any atom is -0.431 e. The number of rotatable bonds is 6. The van der Waals surface area contributed by atoms with Gasteiger partial charge in [-0.15, -0.1) is 0 Å². The minimum atomic E-state index is -0.557. The van der Waals surface area contributed by atoms with Crippen molar-refractivity contribution in [1.29, 1.82) is 0 Å². The molecule has 23 heavy (non-hydrogen) atoms. The third-order valence-corrected chi connectivity index (χ3v) is 4.72. The molecule has 0 atom stereocenters. The molecular weight excluding hydrogens is 314 g/mol. The van der Waals surface area contributed by atoms with Gasteiger partial charge < -0.3 is 9.47 Å². The number of hydrogen-bond acceptors (Lipinski definition) is 4. The lowest BCUT2D eigenvalue weighted by Gasteiger charge is -2.31. The van der Waals surface area contributed by atoms with Gasteiger partial charge in [-0.05, 0) is 49.3 Å². The van der Waals surface area contributed by atoms with Gasteiger partial charge in [0, 0.05) is 18.1 Å². The molecular formula is C18H26ClNO3. The zero-order valence-corrected chi connectivity index (χ0v) is 14.7. The van der Waals surface area contributed by atoms with E-state index in [-0.39, 0.29) is 6.10 Å². The SMILES string of the molecule is CCC(CC)OC(=O)OCN1CCC(c2ccc(Cl)cc2)CC1. The van der Waals surface area contributed by atoms with Crippen molar-refractivity contribution in [1.82, 2.24) is 4.90 Å². The Labute approximate surface area is 143 Å². The fourth-order valence-corrected chi connectivity index (χ4v) is 3.03. The van der Waals surface area contributed by atoms with E-state index in [1.807, 2.05) is 26.0 Å². The topological polar surface area (TPSA) is 38.8 Å². The van der Waals surface area contributed by atoms with Crippen LogP contribution >= 0.6 is 11.6 Å². The zero-order chi connectivity index (χ0) is 16.7. The molecule has 5 heteroatoms. The zero-order valence-electron chi connectivity index (χ0n) is 14.0. The van der Waals surface area contributed by atoms with Gasteiger partial charge in [0.25, 0.3) is 0 Å². The van der Waals surface area contributed by atoms with Crippen molar-refractivity contribution in [3.63, 3.8) is 0 Å². The second-order valence-corrected chi connectivity index (χ2v) is 6.46. The predicted molar refractivity (Wildman–Crippen MR) is 91.8 cm³/mol. The lowest BCUT2D eigenvalue weighted by atomic mass is 9.90. The van der Waals surface area contributed by atoms with Crippen LogP contribution in [0.5, 0.6) is 0 Å². The summed E-state index contributed by atoms with van der Waals surface area (Å²) in [6, 6.07) is 8.10. The van der Waals surface area contributed by atoms with Crippen LogP contribution in [-0.2, 0) is 9.47 Å². The van der Waals surface area contributed by atoms with E-state index in [0.717, 1.165) is 43.8 Å². The van der Waals surface area contributed by atoms with Crippen LogP contribution in [0.25, 0.3) is 0 Å². The summed E-state index contributed by atoms with van der Waals surface area (Å²) in [7, 11) is 0. The number of carbonyl (C=O) groups excluding carboxylic acids is 1. The van der Waals surface area contributed by atoms with E-state index >= 15 is 0 Å². The molecule has 0 unspecified atom stereocenters. The molecule has 1 heterocycles. The number of ether oxygens (including phenoxy) is 2. The maximum atomic E-state index is 11.6. The highest BCUT2D eigenvalue weighted by Crippen LogP contribution is 2.28. The van der Waals surface area contributed by atoms with Gasteiger partial charge in [0.15, 0.2) is 0 Å². The van der Waals surface area contributed by atoms with E-state index in [0.29, 0.717) is 12.6 Å². The standard InChI is InChI=1S/C18H26ClNO3/c1-3-17(4-2)23-18(21)22-13-20-11-9-15(10-12-20)14-5-7-16(19)8-6-14/h5-8,15,17H,3-4,9-13H2,1-2H3. The van der Waals surface area contributed by atoms with Gasteiger partial charge >= 0.3 is 6.16 Å². The molecule has 0 aliphatic carbocycles. The summed E-state index contributed by atoms with van der Waals surface area (Å²) in [4.78, 5) is 13.8. The van der Waals surface area contributed by atoms with Gasteiger partial charge in [-0.3, -0.25) is 4.90 Å². The van der Waals surface area contributed by atoms with E-state index in [1.165, 1.54) is 5.56 Å². The van der Waals surface area contributed by atoms with Crippen LogP contribution in [0.3, 0.4) is 0 Å². The lowest BCUT2D eigenvalue weighted by molar-refractivity contribution is -0.0146. The number of benzene rings is 1. The van der Waals surface area contributed by atoms with Crippen molar-refractivity contribution in [3.05, 3.63) is 34.9 Å². The highest BCUT2D eigenvalue weighted by atomic mass is 35.5. The van der Waals surface area contributed by atoms with Crippen molar-refractivity contribution in [2.24, 2.45) is 0 Å². The van der Waals surface area contributed by atoms with Crippen molar-refractivity contribution >= 4 is 17.8 Å². The second kappa shape index (κ2) is 9.14. The number of likely N-dealkylation sites (tertiary alicyclic amines) is 1. The fourth-order valence-electron chi connectivity index (χ4n) is 2.90. The van der Waals surface area contributed by atoms with Gasteiger partial charge in [0.05, 0.1) is 0 Å². The Balaban J connectivity index is 1.70. The van der Waals surface area contributed by atoms with E-state index < -0.39 is 6.16 Å². The van der Waals surface area contributed by atoms with Crippen LogP contribution < -0.4 is 0 Å². The smallest absolute Gasteiger partial charge is 0.431 e. The van der Waals surface area contributed by atoms with Crippen LogP contribution in [0.1, 0.15) is 51.0 Å². The highest BCUT2D eigenvalue weighted by molar-refractivity contribution is 6.30. The Bertz CT molecular complexity index is 480. The monoisotopic (exact) mass is 339 g/mol. The summed E-state index contributed by atoms with van der Waals surface area (Å²) in [5, 5.41) is 0.774. The third kappa shape index (κ3) is 5.70. The van der Waals surface area contributed by atoms with Crippen LogP contribution in [0.4, 0.5) is 4.79 Å². The average molecular weight is 340 g/mol. The largest absolute Gasteiger partial charge is 0.509 e. The van der Waals surface area contributed by atoms with Crippen molar-refractivity contribution < 1.29 is 14.3 Å². The molecule has 0 saturated carbocycles. The summed E-state index contributed by atoms with van der Waals surface area (Å²) in [6.45, 7) is 6.16. The Morgan fingerprint density at radius 1 is 1.22 bits per heavy atom. The van der Waals surface area contributed by atoms with Gasteiger partial charge in [-0.25, -0.2) is 4.79 Å². The Morgan fingerprint density at radius 3 is 2.39 bits per heavy atom. The molecule has 0 aromatic heterocycles. The Hall–Kier alpha value is -1.26. The molecule has 0 spiro atoms. The number of hydrogen-bond donors (Lipinski definition) is 0. The van der Waals surface area contributed by atoms with E-state index in [4.69, 9.17) is 21.1 Å². The molecule has 1 saturated heterocycles. The van der Waals surface area contributed by atoms with E-state index in [9.17, 15) is 4.79 Å². The summed E-state index contributed by atoms with van der Waals surface area (Å²) >= 11 is 5.93. The molecule has 128 valence electrons. The van der Waals surface area contributed by atoms with Crippen LogP contribution in [-0.4, -0.2) is 37.0 Å². The third-order valence-electron chi connectivity index (χ3n) is 4.47. The van der Waals surface area contributed by atoms with Gasteiger partial charge in [0.1, 0.15) is 12.8 Å². The van der Waals surface area contributed by atoms with Gasteiger partial charge in [0.2, 0.25) is 0 Å². The average Bonchev–Trinajstić information content (AvgIpc) is 2.59. The molecule has 0 bridgehead atoms. The number of piperidine rings is 1. The van der Waals surface area contributed by atoms with Crippen molar-refractivity contribution in [2.75, 3.05) is 19.8 Å². The minimum absolute atomic E-state index is 0.0434. The second-order valence-electron chi connectivity index (χ2n) is 6.02. The van der Waals surface area contributed by atoms with Crippen LogP contribution in [0, 0.1) is 0 Å². The summed E-state index contributed by atoms with van der Waals surface area (Å²) in [5.74, 6) is 0.556. The molecule has 1 aliphatic rings. The molecule has 1 aromatic carbocycles. The van der Waals surface area contributed by atoms with Crippen LogP contribution in [0.2, 0.25) is 5.02 Å². The normalized spacial score (nSPS) is 16.5. The molecule has 1 aromatic rings. The first-order chi connectivity index (χ1) is 11.1. The lowest BCUT2D eigenvalue weighted by Crippen LogP contribution is -2.36. The maximum Gasteiger partial charge on any atom is 0.509 e. The summed E-state index contributed by atoms with van der Waals surface area (Å²) in [5.41, 5.74) is 1.34. The van der Waals surface area contributed by atoms with Crippen LogP contribution in [0.15, 0.2) is 24.3 Å². The molecule has 4 nitrogen and oxygen atoms in total. The maximum absolute atomic E-state index is 11.6. The molecule has 2 rings (SSSR count). The van der Waals surface area contributed by atoms with E-state index in [2.05, 4.69) is 17.0 Å². The van der Waals surface area contributed by atoms with E-state index in [1.54, 1.807) is 0 Å². The van der Waals surface area contributed by atoms with Crippen molar-refractivity contribution in [2.45, 2.75) is 51.6 Å². The molecule has 1 aliphatic heterocycles. The van der Waals surface area contributed by atoms with Crippen molar-refractivity contribution in [3.8, 4) is 0 Å². The molecule has 0 N–H and O–H groups in total. The first-order valence-electron chi connectivity index (χ1n) is 8.43. The Kier molecular flexibility index (Phi) is 7.18. The summed E-state index contributed by atoms with van der Waals surface area (Å²) in [6.07, 6.45) is 3.16. The number of halogens is 1. The first-order valence-corrected chi connectivity index (χ1v) is 8.81. The number of carbonyl (C=O) groups is 1. The quantitative estimate of drug-likeness (QED) is 0.696. The first kappa shape index (κ1) is 18.1. The summed E-state index contributed by atoms with van der Waals surface area (Å²) < 4.78 is 10.5. The molecule has 0 amide bonds. The fraction of sp³-hybridized carbons (Fsp3) is 0.611. The predicted octanol–water partition coefficient (Wildman–Crippen LogP) is 4.82. The number of nitrogens with zero attached hydrogens (tertiary/aromatic N) is 1. The Morgan fingerprint density at radius 2 is 1.83 bits per heavy atom. The highest BCUT2D eigenvalue weighted by Gasteiger charge is 2.22. The van der Waals surface area contributed by atoms with Gasteiger partial charge in [-0.1, -0.05) is 37.6 Å². The molecule has 1 fully saturated rings. The molecule has 0 radical (unpaired) electrons. The van der Waals surface area contributed by atoms with Gasteiger partial charge in [-0.2, -0.15) is 0 Å².